The Morgan fingerprint density at radius 3 is 2.58 bits per heavy atom. The van der Waals surface area contributed by atoms with Crippen LogP contribution >= 0.6 is 0 Å². The first-order valence-corrected chi connectivity index (χ1v) is 6.26. The van der Waals surface area contributed by atoms with Gasteiger partial charge in [0.05, 0.1) is 6.10 Å². The minimum atomic E-state index is -0.571. The maximum atomic E-state index is 11.5. The fourth-order valence-corrected chi connectivity index (χ4v) is 1.55. The molecule has 0 fully saturated rings. The summed E-state index contributed by atoms with van der Waals surface area (Å²) in [6.45, 7) is 2.69. The van der Waals surface area contributed by atoms with E-state index in [0.29, 0.717) is 12.3 Å². The number of amides is 1. The maximum Gasteiger partial charge on any atom is 0.258 e. The predicted octanol–water partition coefficient (Wildman–Crippen LogP) is 0.413. The van der Waals surface area contributed by atoms with Gasteiger partial charge in [0.2, 0.25) is 0 Å². The third kappa shape index (κ3) is 6.79. The molecule has 0 saturated carbocycles. The molecule has 0 spiro atoms. The van der Waals surface area contributed by atoms with Crippen LogP contribution in [0.5, 0.6) is 5.75 Å². The highest BCUT2D eigenvalue weighted by Crippen LogP contribution is 2.10. The van der Waals surface area contributed by atoms with Crippen LogP contribution < -0.4 is 10.1 Å². The zero-order valence-corrected chi connectivity index (χ0v) is 11.7. The summed E-state index contributed by atoms with van der Waals surface area (Å²) in [4.78, 5) is 13.4. The summed E-state index contributed by atoms with van der Waals surface area (Å²) in [5.41, 5.74) is 1.14. The second-order valence-corrected chi connectivity index (χ2v) is 4.82. The first-order valence-electron chi connectivity index (χ1n) is 6.26. The van der Waals surface area contributed by atoms with Gasteiger partial charge >= 0.3 is 0 Å². The Balaban J connectivity index is 2.22. The number of aryl methyl sites for hydroxylation is 1. The average molecular weight is 266 g/mol. The zero-order chi connectivity index (χ0) is 14.3. The number of nitrogens with zero attached hydrogens (tertiary/aromatic N) is 1. The van der Waals surface area contributed by atoms with Crippen LogP contribution in [-0.2, 0) is 4.79 Å². The minimum Gasteiger partial charge on any atom is -0.484 e. The quantitative estimate of drug-likeness (QED) is 0.750. The number of carbonyl (C=O) groups is 1. The van der Waals surface area contributed by atoms with Crippen LogP contribution in [0.1, 0.15) is 5.56 Å². The van der Waals surface area contributed by atoms with E-state index in [4.69, 9.17) is 4.74 Å². The van der Waals surface area contributed by atoms with Crippen molar-refractivity contribution >= 4 is 5.91 Å². The summed E-state index contributed by atoms with van der Waals surface area (Å²) in [6, 6.07) is 7.50. The number of rotatable bonds is 7. The third-order valence-electron chi connectivity index (χ3n) is 2.50. The van der Waals surface area contributed by atoms with Gasteiger partial charge in [-0.25, -0.2) is 0 Å². The van der Waals surface area contributed by atoms with Crippen molar-refractivity contribution in [1.29, 1.82) is 0 Å². The molecule has 1 rings (SSSR count). The number of aliphatic hydroxyl groups is 1. The molecule has 2 N–H and O–H groups in total. The van der Waals surface area contributed by atoms with Crippen molar-refractivity contribution in [3.8, 4) is 5.75 Å². The summed E-state index contributed by atoms with van der Waals surface area (Å²) in [7, 11) is 3.73. The fourth-order valence-electron chi connectivity index (χ4n) is 1.55. The van der Waals surface area contributed by atoms with Gasteiger partial charge in [0.15, 0.2) is 6.61 Å². The van der Waals surface area contributed by atoms with E-state index in [9.17, 15) is 9.90 Å². The van der Waals surface area contributed by atoms with Gasteiger partial charge in [-0.2, -0.15) is 0 Å². The van der Waals surface area contributed by atoms with Gasteiger partial charge < -0.3 is 20.1 Å². The largest absolute Gasteiger partial charge is 0.484 e. The van der Waals surface area contributed by atoms with Crippen molar-refractivity contribution in [2.45, 2.75) is 13.0 Å². The molecule has 1 aromatic carbocycles. The molecule has 1 atom stereocenters. The summed E-state index contributed by atoms with van der Waals surface area (Å²) >= 11 is 0. The first kappa shape index (κ1) is 15.5. The monoisotopic (exact) mass is 266 g/mol. The van der Waals surface area contributed by atoms with E-state index in [-0.39, 0.29) is 19.1 Å². The van der Waals surface area contributed by atoms with E-state index < -0.39 is 6.10 Å². The van der Waals surface area contributed by atoms with Gasteiger partial charge in [-0.05, 0) is 33.2 Å². The highest BCUT2D eigenvalue weighted by atomic mass is 16.5. The lowest BCUT2D eigenvalue weighted by molar-refractivity contribution is -0.123. The van der Waals surface area contributed by atoms with E-state index in [1.807, 2.05) is 50.2 Å². The van der Waals surface area contributed by atoms with Crippen LogP contribution in [0.25, 0.3) is 0 Å². The Hall–Kier alpha value is -1.59. The van der Waals surface area contributed by atoms with Gasteiger partial charge in [-0.15, -0.1) is 0 Å². The van der Waals surface area contributed by atoms with Crippen molar-refractivity contribution in [3.63, 3.8) is 0 Å². The maximum absolute atomic E-state index is 11.5. The molecule has 19 heavy (non-hydrogen) atoms. The summed E-state index contributed by atoms with van der Waals surface area (Å²) in [5.74, 6) is 0.424. The van der Waals surface area contributed by atoms with Crippen LogP contribution in [0.3, 0.4) is 0 Å². The predicted molar refractivity (Wildman–Crippen MR) is 74.2 cm³/mol. The van der Waals surface area contributed by atoms with E-state index in [2.05, 4.69) is 5.32 Å². The molecule has 5 heteroatoms. The Bertz CT molecular complexity index is 390. The number of benzene rings is 1. The highest BCUT2D eigenvalue weighted by molar-refractivity contribution is 5.77. The average Bonchev–Trinajstić information content (AvgIpc) is 2.35. The molecule has 0 aliphatic carbocycles. The molecule has 0 aliphatic rings. The molecular weight excluding hydrogens is 244 g/mol. The molecule has 0 heterocycles. The van der Waals surface area contributed by atoms with E-state index >= 15 is 0 Å². The van der Waals surface area contributed by atoms with Crippen molar-refractivity contribution in [2.24, 2.45) is 0 Å². The third-order valence-corrected chi connectivity index (χ3v) is 2.50. The molecule has 0 aliphatic heterocycles. The molecule has 106 valence electrons. The summed E-state index contributed by atoms with van der Waals surface area (Å²) < 4.78 is 5.33. The van der Waals surface area contributed by atoms with Crippen LogP contribution in [-0.4, -0.2) is 55.8 Å². The Kier molecular flexibility index (Phi) is 6.32. The number of nitrogens with one attached hydrogen (secondary N) is 1. The van der Waals surface area contributed by atoms with E-state index in [1.165, 1.54) is 0 Å². The van der Waals surface area contributed by atoms with Gasteiger partial charge in [-0.3, -0.25) is 4.79 Å². The Morgan fingerprint density at radius 1 is 1.37 bits per heavy atom. The summed E-state index contributed by atoms with van der Waals surface area (Å²) in [5, 5.41) is 12.2. The second kappa shape index (κ2) is 7.76. The Morgan fingerprint density at radius 2 is 2.00 bits per heavy atom. The van der Waals surface area contributed by atoms with Gasteiger partial charge in [0, 0.05) is 13.1 Å². The number of aliphatic hydroxyl groups excluding tert-OH is 1. The van der Waals surface area contributed by atoms with Crippen molar-refractivity contribution < 1.29 is 14.6 Å². The smallest absolute Gasteiger partial charge is 0.258 e. The molecule has 0 radical (unpaired) electrons. The fraction of sp³-hybridized carbons (Fsp3) is 0.500. The van der Waals surface area contributed by atoms with Crippen LogP contribution in [0.2, 0.25) is 0 Å². The molecule has 0 saturated heterocycles. The normalized spacial score (nSPS) is 12.3. The first-order chi connectivity index (χ1) is 8.97. The zero-order valence-electron chi connectivity index (χ0n) is 11.7. The van der Waals surface area contributed by atoms with Crippen LogP contribution in [0.4, 0.5) is 0 Å². The molecule has 1 unspecified atom stereocenters. The molecule has 1 amide bonds. The SMILES string of the molecule is Cc1ccc(OCC(=O)NCC(O)CN(C)C)cc1. The molecular formula is C14H22N2O3. The highest BCUT2D eigenvalue weighted by Gasteiger charge is 2.08. The van der Waals surface area contributed by atoms with Gasteiger partial charge in [0.1, 0.15) is 5.75 Å². The standard InChI is InChI=1S/C14H22N2O3/c1-11-4-6-13(7-5-11)19-10-14(18)15-8-12(17)9-16(2)3/h4-7,12,17H,8-10H2,1-3H3,(H,15,18). The number of carbonyl (C=O) groups excluding carboxylic acids is 1. The lowest BCUT2D eigenvalue weighted by atomic mass is 10.2. The molecule has 1 aromatic rings. The Labute approximate surface area is 114 Å². The number of likely N-dealkylation sites (N-methyl/N-ethyl adjacent to an activating group) is 1. The van der Waals surface area contributed by atoms with Gasteiger partial charge in [0.25, 0.3) is 5.91 Å². The van der Waals surface area contributed by atoms with Crippen molar-refractivity contribution in [3.05, 3.63) is 29.8 Å². The number of hydrogen-bond donors (Lipinski definition) is 2. The number of ether oxygens (including phenoxy) is 1. The van der Waals surface area contributed by atoms with Gasteiger partial charge in [-0.1, -0.05) is 17.7 Å². The van der Waals surface area contributed by atoms with E-state index in [0.717, 1.165) is 5.56 Å². The van der Waals surface area contributed by atoms with Crippen LogP contribution in [0, 0.1) is 6.92 Å². The molecule has 0 bridgehead atoms. The summed E-state index contributed by atoms with van der Waals surface area (Å²) in [6.07, 6.45) is -0.571. The topological polar surface area (TPSA) is 61.8 Å². The lowest BCUT2D eigenvalue weighted by Crippen LogP contribution is -2.39. The van der Waals surface area contributed by atoms with Crippen LogP contribution in [0.15, 0.2) is 24.3 Å². The van der Waals surface area contributed by atoms with Crippen molar-refractivity contribution in [1.82, 2.24) is 10.2 Å². The molecule has 5 nitrogen and oxygen atoms in total. The minimum absolute atomic E-state index is 0.0439. The van der Waals surface area contributed by atoms with E-state index in [1.54, 1.807) is 0 Å². The number of hydrogen-bond acceptors (Lipinski definition) is 4. The lowest BCUT2D eigenvalue weighted by Gasteiger charge is -2.16. The van der Waals surface area contributed by atoms with Crippen molar-refractivity contribution in [2.75, 3.05) is 33.8 Å². The molecule has 0 aromatic heterocycles. The second-order valence-electron chi connectivity index (χ2n) is 4.82.